The molecule has 1 aromatic heterocycles. The molecule has 1 heterocycles. The number of para-hydroxylation sites is 1. The van der Waals surface area contributed by atoms with Crippen molar-refractivity contribution in [3.63, 3.8) is 0 Å². The number of aromatic nitrogens is 3. The van der Waals surface area contributed by atoms with Gasteiger partial charge in [0.05, 0.1) is 12.8 Å². The van der Waals surface area contributed by atoms with Crippen LogP contribution in [0.2, 0.25) is 0 Å². The van der Waals surface area contributed by atoms with Crippen LogP contribution in [0.15, 0.2) is 85.5 Å². The van der Waals surface area contributed by atoms with E-state index in [1.54, 1.807) is 13.2 Å². The Morgan fingerprint density at radius 3 is 2.64 bits per heavy atom. The topological polar surface area (TPSA) is 89.1 Å². The molecule has 7 nitrogen and oxygen atoms in total. The molecule has 1 amide bonds. The van der Waals surface area contributed by atoms with Crippen LogP contribution in [0.1, 0.15) is 5.56 Å². The second kappa shape index (κ2) is 10.3. The van der Waals surface area contributed by atoms with Crippen LogP contribution in [0.25, 0.3) is 22.8 Å². The van der Waals surface area contributed by atoms with E-state index in [-0.39, 0.29) is 12.5 Å². The first-order chi connectivity index (χ1) is 16.2. The molecule has 0 spiro atoms. The third-order valence-corrected chi connectivity index (χ3v) is 4.94. The molecule has 0 bridgehead atoms. The van der Waals surface area contributed by atoms with Gasteiger partial charge < -0.3 is 14.8 Å². The number of carbonyl (C=O) groups is 1. The maximum Gasteiger partial charge on any atom is 0.262 e. The number of H-pyrrole nitrogens is 1. The number of ether oxygens (including phenoxy) is 2. The van der Waals surface area contributed by atoms with Crippen molar-refractivity contribution in [1.29, 1.82) is 0 Å². The summed E-state index contributed by atoms with van der Waals surface area (Å²) in [7, 11) is 1.57. The first-order valence-corrected chi connectivity index (χ1v) is 10.5. The SMILES string of the molecule is C=CCc1ccc(OCC(=O)Nc2ccccc2-c2nc(-c3ccccc3)n[nH]2)c(OC)c1. The molecule has 7 heteroatoms. The van der Waals surface area contributed by atoms with Crippen molar-refractivity contribution in [1.82, 2.24) is 15.2 Å². The van der Waals surface area contributed by atoms with Crippen LogP contribution in [-0.2, 0) is 11.2 Å². The molecule has 33 heavy (non-hydrogen) atoms. The molecule has 0 fully saturated rings. The lowest BCUT2D eigenvalue weighted by Crippen LogP contribution is -2.20. The van der Waals surface area contributed by atoms with E-state index in [1.165, 1.54) is 0 Å². The van der Waals surface area contributed by atoms with Crippen LogP contribution < -0.4 is 14.8 Å². The van der Waals surface area contributed by atoms with Crippen molar-refractivity contribution in [3.05, 3.63) is 91.0 Å². The summed E-state index contributed by atoms with van der Waals surface area (Å²) in [4.78, 5) is 17.2. The highest BCUT2D eigenvalue weighted by Gasteiger charge is 2.14. The number of allylic oxidation sites excluding steroid dienone is 1. The molecule has 4 rings (SSSR count). The molecule has 3 aromatic carbocycles. The smallest absolute Gasteiger partial charge is 0.262 e. The number of hydrogen-bond donors (Lipinski definition) is 2. The maximum absolute atomic E-state index is 12.6. The lowest BCUT2D eigenvalue weighted by atomic mass is 10.1. The van der Waals surface area contributed by atoms with Crippen LogP contribution in [-0.4, -0.2) is 34.8 Å². The molecular formula is C26H24N4O3. The number of anilines is 1. The van der Waals surface area contributed by atoms with Crippen molar-refractivity contribution in [2.24, 2.45) is 0 Å². The van der Waals surface area contributed by atoms with Gasteiger partial charge in [-0.05, 0) is 36.2 Å². The first kappa shape index (κ1) is 21.8. The van der Waals surface area contributed by atoms with Gasteiger partial charge in [-0.2, -0.15) is 5.10 Å². The van der Waals surface area contributed by atoms with Crippen LogP contribution in [0, 0.1) is 0 Å². The fourth-order valence-electron chi connectivity index (χ4n) is 3.35. The van der Waals surface area contributed by atoms with Gasteiger partial charge in [0, 0.05) is 11.1 Å². The second-order valence-corrected chi connectivity index (χ2v) is 7.23. The molecule has 4 aromatic rings. The summed E-state index contributed by atoms with van der Waals surface area (Å²) in [6.07, 6.45) is 2.54. The minimum absolute atomic E-state index is 0.169. The standard InChI is InChI=1S/C26H24N4O3/c1-3-9-18-14-15-22(23(16-18)32-2)33-17-24(31)27-21-13-8-7-12-20(21)26-28-25(29-30-26)19-10-5-4-6-11-19/h3-8,10-16H,1,9,17H2,2H3,(H,27,31)(H,28,29,30). The van der Waals surface area contributed by atoms with E-state index in [2.05, 4.69) is 27.1 Å². The number of nitrogens with one attached hydrogen (secondary N) is 2. The van der Waals surface area contributed by atoms with Crippen LogP contribution >= 0.6 is 0 Å². The van der Waals surface area contributed by atoms with Crippen LogP contribution in [0.5, 0.6) is 11.5 Å². The molecule has 0 aliphatic carbocycles. The molecule has 2 N–H and O–H groups in total. The Labute approximate surface area is 192 Å². The Hall–Kier alpha value is -4.39. The molecular weight excluding hydrogens is 416 g/mol. The van der Waals surface area contributed by atoms with Gasteiger partial charge in [0.25, 0.3) is 5.91 Å². The van der Waals surface area contributed by atoms with E-state index >= 15 is 0 Å². The maximum atomic E-state index is 12.6. The summed E-state index contributed by atoms with van der Waals surface area (Å²) in [5, 5.41) is 10.2. The number of nitrogens with zero attached hydrogens (tertiary/aromatic N) is 2. The summed E-state index contributed by atoms with van der Waals surface area (Å²) in [6.45, 7) is 3.57. The fraction of sp³-hybridized carbons (Fsp3) is 0.115. The average Bonchev–Trinajstić information content (AvgIpc) is 3.34. The number of hydrogen-bond acceptors (Lipinski definition) is 5. The van der Waals surface area contributed by atoms with Crippen LogP contribution in [0.3, 0.4) is 0 Å². The quantitative estimate of drug-likeness (QED) is 0.362. The largest absolute Gasteiger partial charge is 0.493 e. The van der Waals surface area contributed by atoms with Gasteiger partial charge >= 0.3 is 0 Å². The Bertz CT molecular complexity index is 1250. The number of methoxy groups -OCH3 is 1. The van der Waals surface area contributed by atoms with Gasteiger partial charge in [0.2, 0.25) is 0 Å². The summed E-state index contributed by atoms with van der Waals surface area (Å²) >= 11 is 0. The number of carbonyl (C=O) groups excluding carboxylic acids is 1. The highest BCUT2D eigenvalue weighted by Crippen LogP contribution is 2.29. The van der Waals surface area contributed by atoms with E-state index < -0.39 is 0 Å². The molecule has 0 saturated heterocycles. The summed E-state index contributed by atoms with van der Waals surface area (Å²) in [6, 6.07) is 22.7. The Morgan fingerprint density at radius 1 is 1.06 bits per heavy atom. The third-order valence-electron chi connectivity index (χ3n) is 4.94. The minimum Gasteiger partial charge on any atom is -0.493 e. The fourth-order valence-corrected chi connectivity index (χ4v) is 3.35. The Balaban J connectivity index is 1.46. The zero-order valence-corrected chi connectivity index (χ0v) is 18.2. The van der Waals surface area contributed by atoms with Crippen LogP contribution in [0.4, 0.5) is 5.69 Å². The molecule has 0 aliphatic heterocycles. The van der Waals surface area contributed by atoms with Gasteiger partial charge in [-0.15, -0.1) is 6.58 Å². The molecule has 166 valence electrons. The molecule has 0 unspecified atom stereocenters. The zero-order chi connectivity index (χ0) is 23.0. The number of benzene rings is 3. The minimum atomic E-state index is -0.303. The highest BCUT2D eigenvalue weighted by atomic mass is 16.5. The number of amides is 1. The average molecular weight is 441 g/mol. The lowest BCUT2D eigenvalue weighted by molar-refractivity contribution is -0.118. The summed E-state index contributed by atoms with van der Waals surface area (Å²) in [5.41, 5.74) is 3.29. The predicted octanol–water partition coefficient (Wildman–Crippen LogP) is 4.89. The Morgan fingerprint density at radius 2 is 1.85 bits per heavy atom. The second-order valence-electron chi connectivity index (χ2n) is 7.23. The van der Waals surface area contributed by atoms with E-state index in [9.17, 15) is 4.79 Å². The first-order valence-electron chi connectivity index (χ1n) is 10.5. The van der Waals surface area contributed by atoms with Gasteiger partial charge in [0.1, 0.15) is 0 Å². The van der Waals surface area contributed by atoms with Gasteiger partial charge in [-0.1, -0.05) is 54.6 Å². The predicted molar refractivity (Wildman–Crippen MR) is 128 cm³/mol. The van der Waals surface area contributed by atoms with E-state index in [4.69, 9.17) is 9.47 Å². The van der Waals surface area contributed by atoms with E-state index in [0.717, 1.165) is 23.1 Å². The number of rotatable bonds is 9. The van der Waals surface area contributed by atoms with Crippen molar-refractivity contribution in [3.8, 4) is 34.3 Å². The highest BCUT2D eigenvalue weighted by molar-refractivity contribution is 5.95. The lowest BCUT2D eigenvalue weighted by Gasteiger charge is -2.13. The molecule has 0 atom stereocenters. The van der Waals surface area contributed by atoms with Crippen molar-refractivity contribution in [2.45, 2.75) is 6.42 Å². The summed E-state index contributed by atoms with van der Waals surface area (Å²) < 4.78 is 11.1. The van der Waals surface area contributed by atoms with Crippen molar-refractivity contribution >= 4 is 11.6 Å². The van der Waals surface area contributed by atoms with Gasteiger partial charge in [-0.25, -0.2) is 4.98 Å². The normalized spacial score (nSPS) is 10.5. The van der Waals surface area contributed by atoms with E-state index in [0.29, 0.717) is 28.8 Å². The number of aromatic amines is 1. The van der Waals surface area contributed by atoms with Gasteiger partial charge in [0.15, 0.2) is 29.8 Å². The van der Waals surface area contributed by atoms with Crippen molar-refractivity contribution < 1.29 is 14.3 Å². The third kappa shape index (κ3) is 5.27. The molecule has 0 radical (unpaired) electrons. The Kier molecular flexibility index (Phi) is 6.80. The zero-order valence-electron chi connectivity index (χ0n) is 18.2. The van der Waals surface area contributed by atoms with Crippen molar-refractivity contribution in [2.75, 3.05) is 19.0 Å². The molecule has 0 saturated carbocycles. The van der Waals surface area contributed by atoms with Gasteiger partial charge in [-0.3, -0.25) is 9.89 Å². The monoisotopic (exact) mass is 440 g/mol. The summed E-state index contributed by atoms with van der Waals surface area (Å²) in [5.74, 6) is 1.91. The van der Waals surface area contributed by atoms with E-state index in [1.807, 2.05) is 72.8 Å². The molecule has 0 aliphatic rings.